The summed E-state index contributed by atoms with van der Waals surface area (Å²) in [7, 11) is 1.63. The van der Waals surface area contributed by atoms with E-state index in [-0.39, 0.29) is 24.8 Å². The number of aryl methyl sites for hydroxylation is 1. The third-order valence-electron chi connectivity index (χ3n) is 4.54. The molecule has 1 saturated carbocycles. The summed E-state index contributed by atoms with van der Waals surface area (Å²) in [6.07, 6.45) is 0.839. The van der Waals surface area contributed by atoms with Crippen molar-refractivity contribution < 1.29 is 13.5 Å². The Labute approximate surface area is 119 Å². The second-order valence-electron chi connectivity index (χ2n) is 5.85. The van der Waals surface area contributed by atoms with E-state index in [0.29, 0.717) is 12.8 Å². The van der Waals surface area contributed by atoms with Crippen LogP contribution < -0.4 is 10.5 Å². The van der Waals surface area contributed by atoms with Crippen LogP contribution >= 0.6 is 0 Å². The number of nitrogens with two attached hydrogens (primary N) is 1. The van der Waals surface area contributed by atoms with Crippen LogP contribution in [0.3, 0.4) is 0 Å². The monoisotopic (exact) mass is 283 g/mol. The van der Waals surface area contributed by atoms with Gasteiger partial charge in [-0.3, -0.25) is 0 Å². The van der Waals surface area contributed by atoms with Crippen LogP contribution in [0.5, 0.6) is 5.75 Å². The molecule has 112 valence electrons. The molecule has 1 aliphatic rings. The van der Waals surface area contributed by atoms with Crippen molar-refractivity contribution in [3.63, 3.8) is 0 Å². The lowest BCUT2D eigenvalue weighted by atomic mass is 9.79. The van der Waals surface area contributed by atoms with Crippen LogP contribution in [-0.4, -0.2) is 13.0 Å². The molecule has 0 radical (unpaired) electrons. The van der Waals surface area contributed by atoms with Crippen LogP contribution in [0.1, 0.15) is 48.4 Å². The van der Waals surface area contributed by atoms with Crippen LogP contribution in [0.15, 0.2) is 12.1 Å². The molecule has 2 nitrogen and oxygen atoms in total. The van der Waals surface area contributed by atoms with Crippen LogP contribution in [0.4, 0.5) is 8.78 Å². The number of rotatable bonds is 3. The average Bonchev–Trinajstić information content (AvgIpc) is 2.41. The maximum absolute atomic E-state index is 13.2. The van der Waals surface area contributed by atoms with Crippen molar-refractivity contribution in [3.8, 4) is 5.75 Å². The summed E-state index contributed by atoms with van der Waals surface area (Å²) < 4.78 is 32.0. The van der Waals surface area contributed by atoms with Gasteiger partial charge in [0.15, 0.2) is 0 Å². The molecular weight excluding hydrogens is 260 g/mol. The summed E-state index contributed by atoms with van der Waals surface area (Å²) in [6.45, 7) is 4.02. The number of ether oxygens (including phenoxy) is 1. The van der Waals surface area contributed by atoms with Gasteiger partial charge in [0.25, 0.3) is 0 Å². The van der Waals surface area contributed by atoms with Gasteiger partial charge in [-0.1, -0.05) is 12.1 Å². The van der Waals surface area contributed by atoms with E-state index in [9.17, 15) is 8.78 Å². The fourth-order valence-corrected chi connectivity index (χ4v) is 3.02. The van der Waals surface area contributed by atoms with Gasteiger partial charge < -0.3 is 10.5 Å². The van der Waals surface area contributed by atoms with Gasteiger partial charge >= 0.3 is 0 Å². The SMILES string of the molecule is COc1c(C(N)C2CCC(F)(F)CC2)ccc(C)c1C. The predicted octanol–water partition coefficient (Wildman–Crippen LogP) is 4.14. The molecule has 1 aliphatic carbocycles. The Balaban J connectivity index is 2.22. The smallest absolute Gasteiger partial charge is 0.248 e. The van der Waals surface area contributed by atoms with E-state index >= 15 is 0 Å². The molecule has 0 saturated heterocycles. The highest BCUT2D eigenvalue weighted by molar-refractivity contribution is 5.46. The number of hydrogen-bond donors (Lipinski definition) is 1. The molecule has 0 amide bonds. The zero-order valence-electron chi connectivity index (χ0n) is 12.4. The number of halogens is 2. The molecule has 2 rings (SSSR count). The highest BCUT2D eigenvalue weighted by Gasteiger charge is 2.37. The molecule has 0 heterocycles. The van der Waals surface area contributed by atoms with Crippen molar-refractivity contribution >= 4 is 0 Å². The van der Waals surface area contributed by atoms with Crippen LogP contribution in [-0.2, 0) is 0 Å². The zero-order valence-corrected chi connectivity index (χ0v) is 12.4. The van der Waals surface area contributed by atoms with E-state index < -0.39 is 5.92 Å². The molecule has 0 spiro atoms. The second kappa shape index (κ2) is 5.68. The Bertz CT molecular complexity index is 478. The van der Waals surface area contributed by atoms with Gasteiger partial charge in [-0.05, 0) is 43.7 Å². The Hall–Kier alpha value is -1.16. The molecule has 1 fully saturated rings. The summed E-state index contributed by atoms with van der Waals surface area (Å²) in [5.41, 5.74) is 9.48. The van der Waals surface area contributed by atoms with Gasteiger partial charge in [-0.25, -0.2) is 8.78 Å². The first kappa shape index (κ1) is 15.2. The van der Waals surface area contributed by atoms with Gasteiger partial charge in [0, 0.05) is 24.4 Å². The molecular formula is C16H23F2NO. The number of methoxy groups -OCH3 is 1. The highest BCUT2D eigenvalue weighted by Crippen LogP contribution is 2.42. The van der Waals surface area contributed by atoms with Crippen molar-refractivity contribution in [2.75, 3.05) is 7.11 Å². The van der Waals surface area contributed by atoms with Gasteiger partial charge in [0.2, 0.25) is 5.92 Å². The Morgan fingerprint density at radius 1 is 1.25 bits per heavy atom. The predicted molar refractivity (Wildman–Crippen MR) is 76.3 cm³/mol. The quantitative estimate of drug-likeness (QED) is 0.905. The van der Waals surface area contributed by atoms with E-state index in [2.05, 4.69) is 0 Å². The first-order chi connectivity index (χ1) is 9.35. The lowest BCUT2D eigenvalue weighted by Crippen LogP contribution is -2.31. The van der Waals surface area contributed by atoms with Crippen LogP contribution in [0, 0.1) is 19.8 Å². The molecule has 0 aliphatic heterocycles. The number of benzene rings is 1. The van der Waals surface area contributed by atoms with Crippen molar-refractivity contribution in [3.05, 3.63) is 28.8 Å². The first-order valence-electron chi connectivity index (χ1n) is 7.13. The minimum Gasteiger partial charge on any atom is -0.496 e. The van der Waals surface area contributed by atoms with E-state index in [1.807, 2.05) is 26.0 Å². The molecule has 2 N–H and O–H groups in total. The van der Waals surface area contributed by atoms with Crippen molar-refractivity contribution in [2.24, 2.45) is 11.7 Å². The standard InChI is InChI=1S/C16H23F2NO/c1-10-4-5-13(15(20-3)11(10)2)14(19)12-6-8-16(17,18)9-7-12/h4-5,12,14H,6-9,19H2,1-3H3. The Kier molecular flexibility index (Phi) is 4.33. The number of hydrogen-bond acceptors (Lipinski definition) is 2. The molecule has 20 heavy (non-hydrogen) atoms. The maximum atomic E-state index is 13.2. The van der Waals surface area contributed by atoms with E-state index in [1.165, 1.54) is 0 Å². The molecule has 4 heteroatoms. The summed E-state index contributed by atoms with van der Waals surface area (Å²) in [5.74, 6) is -1.61. The first-order valence-corrected chi connectivity index (χ1v) is 7.13. The summed E-state index contributed by atoms with van der Waals surface area (Å²) >= 11 is 0. The molecule has 0 bridgehead atoms. The average molecular weight is 283 g/mol. The fraction of sp³-hybridized carbons (Fsp3) is 0.625. The molecule has 1 atom stereocenters. The molecule has 0 aromatic heterocycles. The van der Waals surface area contributed by atoms with E-state index in [0.717, 1.165) is 22.4 Å². The minimum atomic E-state index is -2.51. The normalized spacial score (nSPS) is 20.7. The third-order valence-corrected chi connectivity index (χ3v) is 4.54. The molecule has 1 unspecified atom stereocenters. The summed E-state index contributed by atoms with van der Waals surface area (Å²) in [4.78, 5) is 0. The number of alkyl halides is 2. The van der Waals surface area contributed by atoms with Crippen molar-refractivity contribution in [1.29, 1.82) is 0 Å². The Morgan fingerprint density at radius 3 is 2.40 bits per heavy atom. The van der Waals surface area contributed by atoms with Gasteiger partial charge in [-0.2, -0.15) is 0 Å². The van der Waals surface area contributed by atoms with Gasteiger partial charge in [0.05, 0.1) is 7.11 Å². The van der Waals surface area contributed by atoms with Crippen molar-refractivity contribution in [1.82, 2.24) is 0 Å². The topological polar surface area (TPSA) is 35.2 Å². The highest BCUT2D eigenvalue weighted by atomic mass is 19.3. The minimum absolute atomic E-state index is 0.0570. The molecule has 1 aromatic carbocycles. The fourth-order valence-electron chi connectivity index (χ4n) is 3.02. The largest absolute Gasteiger partial charge is 0.496 e. The second-order valence-corrected chi connectivity index (χ2v) is 5.85. The third kappa shape index (κ3) is 2.95. The Morgan fingerprint density at radius 2 is 1.85 bits per heavy atom. The lowest BCUT2D eigenvalue weighted by molar-refractivity contribution is -0.0484. The molecule has 1 aromatic rings. The zero-order chi connectivity index (χ0) is 14.9. The van der Waals surface area contributed by atoms with E-state index in [4.69, 9.17) is 10.5 Å². The van der Waals surface area contributed by atoms with Gasteiger partial charge in [0.1, 0.15) is 5.75 Å². The van der Waals surface area contributed by atoms with Crippen molar-refractivity contribution in [2.45, 2.75) is 51.5 Å². The maximum Gasteiger partial charge on any atom is 0.248 e. The van der Waals surface area contributed by atoms with E-state index in [1.54, 1.807) is 7.11 Å². The van der Waals surface area contributed by atoms with Crippen LogP contribution in [0.2, 0.25) is 0 Å². The summed E-state index contributed by atoms with van der Waals surface area (Å²) in [5, 5.41) is 0. The van der Waals surface area contributed by atoms with Crippen LogP contribution in [0.25, 0.3) is 0 Å². The lowest BCUT2D eigenvalue weighted by Gasteiger charge is -2.33. The summed E-state index contributed by atoms with van der Waals surface area (Å²) in [6, 6.07) is 3.75. The van der Waals surface area contributed by atoms with Gasteiger partial charge in [-0.15, -0.1) is 0 Å².